The van der Waals surface area contributed by atoms with Gasteiger partial charge in [-0.15, -0.1) is 0 Å². The molecule has 0 aromatic rings. The molecule has 1 aliphatic heterocycles. The maximum Gasteiger partial charge on any atom is 0.339 e. The van der Waals surface area contributed by atoms with Crippen molar-refractivity contribution in [2.45, 2.75) is 26.0 Å². The second kappa shape index (κ2) is 2.96. The first-order valence-electron chi connectivity index (χ1n) is 3.45. The fourth-order valence-electron chi connectivity index (χ4n) is 0.331. The van der Waals surface area contributed by atoms with Crippen LogP contribution in [0, 0.1) is 16.0 Å². The summed E-state index contributed by atoms with van der Waals surface area (Å²) in [5.74, 6) is 1.08. The standard InChI is InChI=1S/C4H8.C2H3NO3/c1-4-2-3-4;4-3(5)2-1-6-2/h4H,2-3H2,1H3;2H,1H2. The van der Waals surface area contributed by atoms with Crippen LogP contribution in [0.1, 0.15) is 19.8 Å². The van der Waals surface area contributed by atoms with Crippen molar-refractivity contribution >= 4 is 0 Å². The van der Waals surface area contributed by atoms with Gasteiger partial charge in [0.05, 0.1) is 4.92 Å². The summed E-state index contributed by atoms with van der Waals surface area (Å²) < 4.78 is 4.27. The van der Waals surface area contributed by atoms with E-state index in [4.69, 9.17) is 0 Å². The molecule has 0 spiro atoms. The Bertz CT molecular complexity index is 129. The van der Waals surface area contributed by atoms with Gasteiger partial charge in [0.2, 0.25) is 0 Å². The van der Waals surface area contributed by atoms with E-state index in [0.717, 1.165) is 5.92 Å². The second-order valence-electron chi connectivity index (χ2n) is 2.76. The number of nitro groups is 1. The van der Waals surface area contributed by atoms with E-state index in [0.29, 0.717) is 6.61 Å². The molecule has 0 aromatic carbocycles. The van der Waals surface area contributed by atoms with Crippen LogP contribution in [-0.4, -0.2) is 17.8 Å². The fourth-order valence-corrected chi connectivity index (χ4v) is 0.331. The van der Waals surface area contributed by atoms with Gasteiger partial charge in [-0.3, -0.25) is 10.1 Å². The first kappa shape index (κ1) is 7.47. The fraction of sp³-hybridized carbons (Fsp3) is 1.00. The number of nitrogens with zero attached hydrogens (tertiary/aromatic N) is 1. The lowest BCUT2D eigenvalue weighted by Gasteiger charge is -1.73. The third-order valence-electron chi connectivity index (χ3n) is 1.42. The molecule has 0 radical (unpaired) electrons. The number of epoxide rings is 1. The summed E-state index contributed by atoms with van der Waals surface area (Å²) in [6.07, 6.45) is 2.30. The van der Waals surface area contributed by atoms with Gasteiger partial charge in [0.1, 0.15) is 6.61 Å². The van der Waals surface area contributed by atoms with E-state index in [9.17, 15) is 10.1 Å². The van der Waals surface area contributed by atoms with Gasteiger partial charge >= 0.3 is 6.23 Å². The van der Waals surface area contributed by atoms with E-state index in [1.807, 2.05) is 0 Å². The van der Waals surface area contributed by atoms with E-state index in [1.54, 1.807) is 0 Å². The predicted octanol–water partition coefficient (Wildman–Crippen LogP) is 1.04. The topological polar surface area (TPSA) is 55.7 Å². The van der Waals surface area contributed by atoms with Crippen molar-refractivity contribution < 1.29 is 9.66 Å². The molecule has 4 nitrogen and oxygen atoms in total. The highest BCUT2D eigenvalue weighted by Crippen LogP contribution is 2.26. The monoisotopic (exact) mass is 145 g/mol. The molecule has 2 rings (SSSR count). The van der Waals surface area contributed by atoms with Crippen LogP contribution in [0.15, 0.2) is 0 Å². The molecule has 2 aliphatic rings. The molecule has 2 fully saturated rings. The highest BCUT2D eigenvalue weighted by molar-refractivity contribution is 4.65. The van der Waals surface area contributed by atoms with Crippen LogP contribution < -0.4 is 0 Å². The summed E-state index contributed by atoms with van der Waals surface area (Å²) in [6.45, 7) is 2.58. The van der Waals surface area contributed by atoms with E-state index in [2.05, 4.69) is 11.7 Å². The Morgan fingerprint density at radius 3 is 2.00 bits per heavy atom. The average molecular weight is 145 g/mol. The molecule has 58 valence electrons. The van der Waals surface area contributed by atoms with Crippen LogP contribution in [0.2, 0.25) is 0 Å². The van der Waals surface area contributed by atoms with E-state index < -0.39 is 11.2 Å². The molecule has 1 aliphatic carbocycles. The van der Waals surface area contributed by atoms with Gasteiger partial charge in [-0.25, -0.2) is 0 Å². The molecule has 0 bridgehead atoms. The molecular formula is C6H11NO3. The highest BCUT2D eigenvalue weighted by atomic mass is 16.7. The van der Waals surface area contributed by atoms with Gasteiger partial charge in [0, 0.05) is 0 Å². The lowest BCUT2D eigenvalue weighted by Crippen LogP contribution is -2.00. The smallest absolute Gasteiger partial charge is 0.305 e. The Morgan fingerprint density at radius 2 is 2.00 bits per heavy atom. The molecular weight excluding hydrogens is 134 g/mol. The van der Waals surface area contributed by atoms with E-state index >= 15 is 0 Å². The molecule has 4 heteroatoms. The zero-order chi connectivity index (χ0) is 7.56. The minimum absolute atomic E-state index is 0.299. The summed E-state index contributed by atoms with van der Waals surface area (Å²) in [7, 11) is 0. The van der Waals surface area contributed by atoms with Crippen molar-refractivity contribution in [1.29, 1.82) is 0 Å². The normalized spacial score (nSPS) is 28.3. The zero-order valence-corrected chi connectivity index (χ0v) is 5.95. The van der Waals surface area contributed by atoms with Crippen LogP contribution in [0.4, 0.5) is 0 Å². The number of rotatable bonds is 1. The molecule has 0 aromatic heterocycles. The van der Waals surface area contributed by atoms with Crippen molar-refractivity contribution in [1.82, 2.24) is 0 Å². The van der Waals surface area contributed by atoms with Gasteiger partial charge in [-0.1, -0.05) is 19.8 Å². The lowest BCUT2D eigenvalue weighted by atomic mass is 10.5. The Balaban J connectivity index is 0.000000108. The second-order valence-corrected chi connectivity index (χ2v) is 2.76. The van der Waals surface area contributed by atoms with Crippen molar-refractivity contribution in [3.63, 3.8) is 0 Å². The summed E-state index contributed by atoms with van der Waals surface area (Å²) in [5.41, 5.74) is 0. The van der Waals surface area contributed by atoms with Crippen molar-refractivity contribution in [2.24, 2.45) is 5.92 Å². The van der Waals surface area contributed by atoms with Crippen molar-refractivity contribution in [3.8, 4) is 0 Å². The molecule has 1 heterocycles. The molecule has 0 N–H and O–H groups in total. The third kappa shape index (κ3) is 3.40. The number of hydrogen-bond donors (Lipinski definition) is 0. The van der Waals surface area contributed by atoms with Gasteiger partial charge in [-0.05, 0) is 5.92 Å². The zero-order valence-electron chi connectivity index (χ0n) is 5.95. The SMILES string of the molecule is CC1CC1.O=[N+]([O-])C1CO1. The highest BCUT2D eigenvalue weighted by Gasteiger charge is 2.35. The maximum absolute atomic E-state index is 9.44. The Kier molecular flexibility index (Phi) is 2.21. The average Bonchev–Trinajstić information content (AvgIpc) is 2.57. The first-order chi connectivity index (χ1) is 4.70. The summed E-state index contributed by atoms with van der Waals surface area (Å²) in [6, 6.07) is 0. The lowest BCUT2D eigenvalue weighted by molar-refractivity contribution is -0.515. The minimum atomic E-state index is -0.676. The minimum Gasteiger partial charge on any atom is -0.305 e. The predicted molar refractivity (Wildman–Crippen MR) is 35.1 cm³/mol. The van der Waals surface area contributed by atoms with Crippen molar-refractivity contribution in [3.05, 3.63) is 10.1 Å². The Morgan fingerprint density at radius 1 is 1.60 bits per heavy atom. The Hall–Kier alpha value is -0.640. The number of hydrogen-bond acceptors (Lipinski definition) is 3. The quantitative estimate of drug-likeness (QED) is 0.314. The molecule has 1 atom stereocenters. The van der Waals surface area contributed by atoms with Crippen LogP contribution in [0.3, 0.4) is 0 Å². The summed E-state index contributed by atoms with van der Waals surface area (Å²) in [5, 5.41) is 9.44. The third-order valence-corrected chi connectivity index (χ3v) is 1.42. The first-order valence-corrected chi connectivity index (χ1v) is 3.45. The van der Waals surface area contributed by atoms with Gasteiger partial charge < -0.3 is 4.74 Å². The van der Waals surface area contributed by atoms with Crippen molar-refractivity contribution in [2.75, 3.05) is 6.61 Å². The van der Waals surface area contributed by atoms with Gasteiger partial charge in [0.25, 0.3) is 0 Å². The van der Waals surface area contributed by atoms with E-state index in [-0.39, 0.29) is 0 Å². The largest absolute Gasteiger partial charge is 0.339 e. The molecule has 1 unspecified atom stereocenters. The molecule has 10 heavy (non-hydrogen) atoms. The Labute approximate surface area is 59.3 Å². The summed E-state index contributed by atoms with van der Waals surface area (Å²) >= 11 is 0. The van der Waals surface area contributed by atoms with Gasteiger partial charge in [0.15, 0.2) is 0 Å². The summed E-state index contributed by atoms with van der Waals surface area (Å²) in [4.78, 5) is 9.00. The van der Waals surface area contributed by atoms with Crippen LogP contribution in [0.25, 0.3) is 0 Å². The van der Waals surface area contributed by atoms with Crippen LogP contribution >= 0.6 is 0 Å². The van der Waals surface area contributed by atoms with E-state index in [1.165, 1.54) is 12.8 Å². The number of ether oxygens (including phenoxy) is 1. The van der Waals surface area contributed by atoms with Gasteiger partial charge in [-0.2, -0.15) is 0 Å². The maximum atomic E-state index is 9.44. The molecule has 1 saturated carbocycles. The van der Waals surface area contributed by atoms with Crippen LogP contribution in [0.5, 0.6) is 0 Å². The molecule has 1 saturated heterocycles. The van der Waals surface area contributed by atoms with Crippen LogP contribution in [-0.2, 0) is 4.74 Å². The molecule has 0 amide bonds.